The Kier molecular flexibility index (Phi) is 2.80. The van der Waals surface area contributed by atoms with Crippen LogP contribution in [0.5, 0.6) is 0 Å². The van der Waals surface area contributed by atoms with Gasteiger partial charge in [0, 0.05) is 12.8 Å². The first kappa shape index (κ1) is 12.4. The molecule has 5 heteroatoms. The van der Waals surface area contributed by atoms with Crippen molar-refractivity contribution in [3.63, 3.8) is 0 Å². The van der Waals surface area contributed by atoms with E-state index in [1.807, 2.05) is 0 Å². The highest BCUT2D eigenvalue weighted by molar-refractivity contribution is 5.76. The zero-order valence-corrected chi connectivity index (χ0v) is 8.89. The Bertz CT molecular complexity index is 258. The van der Waals surface area contributed by atoms with Crippen LogP contribution in [0.25, 0.3) is 0 Å². The second-order valence-electron chi connectivity index (χ2n) is 4.80. The highest BCUT2D eigenvalue weighted by Crippen LogP contribution is 2.49. The Labute approximate surface area is 87.1 Å². The molecule has 3 nitrogen and oxygen atoms in total. The third kappa shape index (κ3) is 2.12. The maximum Gasteiger partial charge on any atom is 0.312 e. The number of aliphatic carboxylic acids is 1. The van der Waals surface area contributed by atoms with E-state index in [9.17, 15) is 18.7 Å². The predicted octanol–water partition coefficient (Wildman–Crippen LogP) is 2.04. The van der Waals surface area contributed by atoms with Crippen molar-refractivity contribution in [3.8, 4) is 0 Å². The summed E-state index contributed by atoms with van der Waals surface area (Å²) in [4.78, 5) is 11.1. The Hall–Kier alpha value is -0.710. The normalized spacial score (nSPS) is 24.9. The fourth-order valence-corrected chi connectivity index (χ4v) is 2.13. The van der Waals surface area contributed by atoms with E-state index in [1.165, 1.54) is 13.8 Å². The molecule has 1 aliphatic carbocycles. The molecule has 1 rings (SSSR count). The SMILES string of the molecule is CC(C)(O)C1(C(=O)O)CCC(F)(F)CC1. The molecule has 0 spiro atoms. The zero-order chi connectivity index (χ0) is 11.9. The first-order valence-corrected chi connectivity index (χ1v) is 4.94. The van der Waals surface area contributed by atoms with Crippen molar-refractivity contribution in [2.75, 3.05) is 0 Å². The summed E-state index contributed by atoms with van der Waals surface area (Å²) in [5.41, 5.74) is -2.91. The Morgan fingerprint density at radius 1 is 1.20 bits per heavy atom. The third-order valence-corrected chi connectivity index (χ3v) is 3.42. The standard InChI is InChI=1S/C10H16F2O3/c1-8(2,15)9(7(13)14)3-5-10(11,12)6-4-9/h15H,3-6H2,1-2H3,(H,13,14). The van der Waals surface area contributed by atoms with E-state index in [0.29, 0.717) is 0 Å². The number of carbonyl (C=O) groups is 1. The van der Waals surface area contributed by atoms with Crippen LogP contribution in [0, 0.1) is 5.41 Å². The summed E-state index contributed by atoms with van der Waals surface area (Å²) in [5, 5.41) is 18.9. The molecule has 0 amide bonds. The van der Waals surface area contributed by atoms with Gasteiger partial charge >= 0.3 is 5.97 Å². The lowest BCUT2D eigenvalue weighted by Gasteiger charge is -2.44. The minimum atomic E-state index is -2.79. The van der Waals surface area contributed by atoms with E-state index < -0.39 is 35.7 Å². The molecule has 1 saturated carbocycles. The average Bonchev–Trinajstić information content (AvgIpc) is 2.01. The molecule has 1 fully saturated rings. The van der Waals surface area contributed by atoms with Crippen LogP contribution in [0.1, 0.15) is 39.5 Å². The molecule has 0 aliphatic heterocycles. The Morgan fingerprint density at radius 3 is 1.87 bits per heavy atom. The summed E-state index contributed by atoms with van der Waals surface area (Å²) < 4.78 is 25.8. The summed E-state index contributed by atoms with van der Waals surface area (Å²) in [7, 11) is 0. The molecule has 15 heavy (non-hydrogen) atoms. The van der Waals surface area contributed by atoms with E-state index >= 15 is 0 Å². The van der Waals surface area contributed by atoms with Gasteiger partial charge in [-0.25, -0.2) is 8.78 Å². The first-order chi connectivity index (χ1) is 6.61. The maximum absolute atomic E-state index is 12.9. The summed E-state index contributed by atoms with van der Waals surface area (Å²) in [6.45, 7) is 2.73. The summed E-state index contributed by atoms with van der Waals surface area (Å²) in [6, 6.07) is 0. The van der Waals surface area contributed by atoms with Crippen LogP contribution in [0.15, 0.2) is 0 Å². The molecular weight excluding hydrogens is 206 g/mol. The smallest absolute Gasteiger partial charge is 0.312 e. The van der Waals surface area contributed by atoms with Gasteiger partial charge in [0.1, 0.15) is 0 Å². The quantitative estimate of drug-likeness (QED) is 0.751. The summed E-state index contributed by atoms with van der Waals surface area (Å²) in [5.74, 6) is -3.98. The van der Waals surface area contributed by atoms with Crippen LogP contribution in [0.2, 0.25) is 0 Å². The van der Waals surface area contributed by atoms with Crippen LogP contribution in [-0.2, 0) is 4.79 Å². The van der Waals surface area contributed by atoms with Gasteiger partial charge in [-0.1, -0.05) is 0 Å². The number of rotatable bonds is 2. The third-order valence-electron chi connectivity index (χ3n) is 3.42. The van der Waals surface area contributed by atoms with Gasteiger partial charge in [0.15, 0.2) is 0 Å². The Morgan fingerprint density at radius 2 is 1.60 bits per heavy atom. The molecule has 0 aromatic rings. The fourth-order valence-electron chi connectivity index (χ4n) is 2.13. The largest absolute Gasteiger partial charge is 0.481 e. The van der Waals surface area contributed by atoms with Crippen LogP contribution >= 0.6 is 0 Å². The van der Waals surface area contributed by atoms with Crippen molar-refractivity contribution in [1.29, 1.82) is 0 Å². The molecule has 0 aromatic carbocycles. The maximum atomic E-state index is 12.9. The van der Waals surface area contributed by atoms with Gasteiger partial charge in [-0.05, 0) is 26.7 Å². The van der Waals surface area contributed by atoms with Crippen LogP contribution < -0.4 is 0 Å². The molecular formula is C10H16F2O3. The number of carboxylic acids is 1. The van der Waals surface area contributed by atoms with E-state index in [1.54, 1.807) is 0 Å². The summed E-state index contributed by atoms with van der Waals surface area (Å²) in [6.07, 6.45) is -1.30. The molecule has 0 radical (unpaired) electrons. The first-order valence-electron chi connectivity index (χ1n) is 4.94. The Balaban J connectivity index is 2.94. The van der Waals surface area contributed by atoms with Crippen molar-refractivity contribution in [2.24, 2.45) is 5.41 Å². The molecule has 0 unspecified atom stereocenters. The molecule has 2 N–H and O–H groups in total. The second-order valence-corrected chi connectivity index (χ2v) is 4.80. The van der Waals surface area contributed by atoms with E-state index in [4.69, 9.17) is 5.11 Å². The molecule has 0 saturated heterocycles. The van der Waals surface area contributed by atoms with Gasteiger partial charge in [-0.15, -0.1) is 0 Å². The van der Waals surface area contributed by atoms with E-state index in [0.717, 1.165) is 0 Å². The van der Waals surface area contributed by atoms with Crippen LogP contribution in [0.4, 0.5) is 8.78 Å². The average molecular weight is 222 g/mol. The number of aliphatic hydroxyl groups is 1. The highest BCUT2D eigenvalue weighted by Gasteiger charge is 2.55. The molecule has 0 bridgehead atoms. The van der Waals surface area contributed by atoms with Crippen LogP contribution in [0.3, 0.4) is 0 Å². The zero-order valence-electron chi connectivity index (χ0n) is 8.89. The number of carboxylic acid groups (broad SMARTS) is 1. The van der Waals surface area contributed by atoms with Gasteiger partial charge in [0.2, 0.25) is 5.92 Å². The highest BCUT2D eigenvalue weighted by atomic mass is 19.3. The number of halogens is 2. The number of hydrogen-bond donors (Lipinski definition) is 2. The lowest BCUT2D eigenvalue weighted by atomic mass is 9.64. The van der Waals surface area contributed by atoms with Crippen molar-refractivity contribution >= 4 is 5.97 Å². The summed E-state index contributed by atoms with van der Waals surface area (Å²) >= 11 is 0. The molecule has 0 aromatic heterocycles. The predicted molar refractivity (Wildman–Crippen MR) is 49.8 cm³/mol. The number of hydrogen-bond acceptors (Lipinski definition) is 2. The lowest BCUT2D eigenvalue weighted by molar-refractivity contribution is -0.180. The van der Waals surface area contributed by atoms with E-state index in [-0.39, 0.29) is 12.8 Å². The molecule has 1 aliphatic rings. The fraction of sp³-hybridized carbons (Fsp3) is 0.900. The number of alkyl halides is 2. The van der Waals surface area contributed by atoms with Gasteiger partial charge in [-0.3, -0.25) is 4.79 Å². The molecule has 0 heterocycles. The van der Waals surface area contributed by atoms with Crippen molar-refractivity contribution in [1.82, 2.24) is 0 Å². The van der Waals surface area contributed by atoms with Crippen molar-refractivity contribution in [2.45, 2.75) is 51.1 Å². The monoisotopic (exact) mass is 222 g/mol. The van der Waals surface area contributed by atoms with Crippen molar-refractivity contribution < 1.29 is 23.8 Å². The molecule has 0 atom stereocenters. The van der Waals surface area contributed by atoms with Crippen molar-refractivity contribution in [3.05, 3.63) is 0 Å². The van der Waals surface area contributed by atoms with Crippen LogP contribution in [-0.4, -0.2) is 27.7 Å². The topological polar surface area (TPSA) is 57.5 Å². The minimum Gasteiger partial charge on any atom is -0.481 e. The van der Waals surface area contributed by atoms with Gasteiger partial charge < -0.3 is 10.2 Å². The minimum absolute atomic E-state index is 0.182. The van der Waals surface area contributed by atoms with Gasteiger partial charge in [-0.2, -0.15) is 0 Å². The van der Waals surface area contributed by atoms with Gasteiger partial charge in [0.25, 0.3) is 0 Å². The second kappa shape index (κ2) is 3.40. The molecule has 88 valence electrons. The van der Waals surface area contributed by atoms with Gasteiger partial charge in [0.05, 0.1) is 11.0 Å². The lowest BCUT2D eigenvalue weighted by Crippen LogP contribution is -2.52. The van der Waals surface area contributed by atoms with E-state index in [2.05, 4.69) is 0 Å².